The molecule has 76 valence electrons. The summed E-state index contributed by atoms with van der Waals surface area (Å²) in [6.45, 7) is 1.21. The Hall–Kier alpha value is -1.23. The minimum absolute atomic E-state index is 0.188. The van der Waals surface area contributed by atoms with Crippen molar-refractivity contribution in [3.05, 3.63) is 33.2 Å². The zero-order chi connectivity index (χ0) is 10.9. The van der Waals surface area contributed by atoms with E-state index >= 15 is 0 Å². The van der Waals surface area contributed by atoms with Gasteiger partial charge in [0, 0.05) is 17.3 Å². The number of H-pyrrole nitrogens is 1. The largest absolute Gasteiger partial charge is 0.328 e. The standard InChI is InChI=1S/C8H6ClF2NO2/c1-3-5(7(10)11)4(6(9)13)2-12-8(3)14/h2,7H,1H3,(H,12,14). The second-order valence-electron chi connectivity index (χ2n) is 2.64. The van der Waals surface area contributed by atoms with Gasteiger partial charge in [0.25, 0.3) is 17.2 Å². The van der Waals surface area contributed by atoms with Gasteiger partial charge in [0.15, 0.2) is 0 Å². The Morgan fingerprint density at radius 3 is 2.57 bits per heavy atom. The van der Waals surface area contributed by atoms with Gasteiger partial charge in [0.05, 0.1) is 5.56 Å². The second-order valence-corrected chi connectivity index (χ2v) is 2.99. The quantitative estimate of drug-likeness (QED) is 0.777. The molecule has 0 radical (unpaired) electrons. The van der Waals surface area contributed by atoms with Crippen LogP contribution >= 0.6 is 11.6 Å². The Kier molecular flexibility index (Phi) is 3.00. The number of rotatable bonds is 2. The highest BCUT2D eigenvalue weighted by molar-refractivity contribution is 6.67. The average molecular weight is 222 g/mol. The van der Waals surface area contributed by atoms with Crippen molar-refractivity contribution >= 4 is 16.8 Å². The van der Waals surface area contributed by atoms with Crippen molar-refractivity contribution in [2.45, 2.75) is 13.3 Å². The summed E-state index contributed by atoms with van der Waals surface area (Å²) in [5, 5.41) is -1.01. The number of hydrogen-bond acceptors (Lipinski definition) is 2. The summed E-state index contributed by atoms with van der Waals surface area (Å²) in [4.78, 5) is 23.9. The van der Waals surface area contributed by atoms with Gasteiger partial charge in [-0.05, 0) is 18.5 Å². The molecule has 0 fully saturated rings. The lowest BCUT2D eigenvalue weighted by Gasteiger charge is -2.06. The number of halogens is 3. The normalized spacial score (nSPS) is 10.6. The maximum Gasteiger partial charge on any atom is 0.265 e. The van der Waals surface area contributed by atoms with E-state index in [0.29, 0.717) is 0 Å². The minimum Gasteiger partial charge on any atom is -0.328 e. The molecule has 0 aliphatic rings. The number of alkyl halides is 2. The molecule has 1 aromatic rings. The Morgan fingerprint density at radius 1 is 1.57 bits per heavy atom. The van der Waals surface area contributed by atoms with Crippen LogP contribution in [0.1, 0.15) is 27.9 Å². The van der Waals surface area contributed by atoms with Crippen LogP contribution in [-0.2, 0) is 0 Å². The smallest absolute Gasteiger partial charge is 0.265 e. The second kappa shape index (κ2) is 3.88. The van der Waals surface area contributed by atoms with Crippen molar-refractivity contribution in [3.8, 4) is 0 Å². The maximum atomic E-state index is 12.5. The van der Waals surface area contributed by atoms with E-state index in [1.165, 1.54) is 6.92 Å². The monoisotopic (exact) mass is 221 g/mol. The third-order valence-electron chi connectivity index (χ3n) is 1.81. The summed E-state index contributed by atoms with van der Waals surface area (Å²) in [7, 11) is 0. The molecule has 1 N–H and O–H groups in total. The number of carbonyl (C=O) groups excluding carboxylic acids is 1. The fraction of sp³-hybridized carbons (Fsp3) is 0.250. The SMILES string of the molecule is Cc1c(C(F)F)c(C(=O)Cl)c[nH]c1=O. The highest BCUT2D eigenvalue weighted by Crippen LogP contribution is 2.24. The van der Waals surface area contributed by atoms with Gasteiger partial charge < -0.3 is 4.98 Å². The van der Waals surface area contributed by atoms with E-state index in [9.17, 15) is 18.4 Å². The molecule has 0 spiro atoms. The van der Waals surface area contributed by atoms with E-state index < -0.39 is 22.8 Å². The Balaban J connectivity index is 3.53. The highest BCUT2D eigenvalue weighted by Gasteiger charge is 2.21. The molecule has 0 aliphatic heterocycles. The van der Waals surface area contributed by atoms with Gasteiger partial charge in [-0.2, -0.15) is 0 Å². The third kappa shape index (κ3) is 1.82. The molecule has 0 saturated carbocycles. The molecule has 1 heterocycles. The van der Waals surface area contributed by atoms with Crippen LogP contribution in [0.15, 0.2) is 11.0 Å². The van der Waals surface area contributed by atoms with E-state index in [-0.39, 0.29) is 11.1 Å². The Morgan fingerprint density at radius 2 is 2.14 bits per heavy atom. The van der Waals surface area contributed by atoms with Gasteiger partial charge in [-0.1, -0.05) is 0 Å². The summed E-state index contributed by atoms with van der Waals surface area (Å²) >= 11 is 5.08. The lowest BCUT2D eigenvalue weighted by molar-refractivity contribution is 0.106. The number of nitrogens with one attached hydrogen (secondary N) is 1. The van der Waals surface area contributed by atoms with Gasteiger partial charge in [0.1, 0.15) is 0 Å². The van der Waals surface area contributed by atoms with Gasteiger partial charge >= 0.3 is 0 Å². The molecule has 0 aromatic carbocycles. The Labute approximate surface area is 82.7 Å². The number of hydrogen-bond donors (Lipinski definition) is 1. The van der Waals surface area contributed by atoms with Crippen molar-refractivity contribution in [1.29, 1.82) is 0 Å². The van der Waals surface area contributed by atoms with Crippen molar-refractivity contribution in [3.63, 3.8) is 0 Å². The lowest BCUT2D eigenvalue weighted by Crippen LogP contribution is -2.15. The van der Waals surface area contributed by atoms with Gasteiger partial charge in [-0.15, -0.1) is 0 Å². The van der Waals surface area contributed by atoms with Crippen molar-refractivity contribution in [2.24, 2.45) is 0 Å². The predicted molar refractivity (Wildman–Crippen MR) is 46.9 cm³/mol. The molecule has 0 saturated heterocycles. The molecular formula is C8H6ClF2NO2. The van der Waals surface area contributed by atoms with Crippen LogP contribution in [0.4, 0.5) is 8.78 Å². The molecule has 1 aromatic heterocycles. The number of aromatic amines is 1. The van der Waals surface area contributed by atoms with E-state index in [2.05, 4.69) is 4.98 Å². The average Bonchev–Trinajstić information content (AvgIpc) is 2.08. The maximum absolute atomic E-state index is 12.5. The van der Waals surface area contributed by atoms with Crippen LogP contribution in [-0.4, -0.2) is 10.2 Å². The molecule has 14 heavy (non-hydrogen) atoms. The first-order chi connectivity index (χ1) is 6.45. The van der Waals surface area contributed by atoms with Crippen LogP contribution in [0.25, 0.3) is 0 Å². The molecule has 6 heteroatoms. The van der Waals surface area contributed by atoms with E-state index in [4.69, 9.17) is 11.6 Å². The van der Waals surface area contributed by atoms with Gasteiger partial charge in [0.2, 0.25) is 0 Å². The minimum atomic E-state index is -2.89. The van der Waals surface area contributed by atoms with E-state index in [1.807, 2.05) is 0 Å². The number of pyridine rings is 1. The molecule has 0 aliphatic carbocycles. The summed E-state index contributed by atoms with van der Waals surface area (Å²) < 4.78 is 24.9. The van der Waals surface area contributed by atoms with Crippen LogP contribution in [0.2, 0.25) is 0 Å². The summed E-state index contributed by atoms with van der Waals surface area (Å²) in [5.41, 5.74) is -1.80. The molecule has 1 rings (SSSR count). The van der Waals surface area contributed by atoms with Crippen LogP contribution in [0, 0.1) is 6.92 Å². The summed E-state index contributed by atoms with van der Waals surface area (Å²) in [6, 6.07) is 0. The number of aromatic nitrogens is 1. The first-order valence-corrected chi connectivity index (χ1v) is 4.03. The van der Waals surface area contributed by atoms with Gasteiger partial charge in [-0.3, -0.25) is 9.59 Å². The first kappa shape index (κ1) is 10.8. The molecule has 0 atom stereocenters. The van der Waals surface area contributed by atoms with Crippen LogP contribution in [0.3, 0.4) is 0 Å². The predicted octanol–water partition coefficient (Wildman–Crippen LogP) is 2.00. The highest BCUT2D eigenvalue weighted by atomic mass is 35.5. The summed E-state index contributed by atoms with van der Waals surface area (Å²) in [5.74, 6) is 0. The van der Waals surface area contributed by atoms with E-state index in [1.54, 1.807) is 0 Å². The van der Waals surface area contributed by atoms with E-state index in [0.717, 1.165) is 6.20 Å². The Bertz CT molecular complexity index is 428. The fourth-order valence-electron chi connectivity index (χ4n) is 1.09. The van der Waals surface area contributed by atoms with Crippen LogP contribution in [0.5, 0.6) is 0 Å². The molecule has 0 amide bonds. The number of carbonyl (C=O) groups is 1. The van der Waals surface area contributed by atoms with Gasteiger partial charge in [-0.25, -0.2) is 8.78 Å². The molecule has 0 unspecified atom stereocenters. The molecular weight excluding hydrogens is 216 g/mol. The zero-order valence-corrected chi connectivity index (χ0v) is 7.86. The topological polar surface area (TPSA) is 49.9 Å². The summed E-state index contributed by atoms with van der Waals surface area (Å²) in [6.07, 6.45) is -2.00. The van der Waals surface area contributed by atoms with Crippen molar-refractivity contribution in [2.75, 3.05) is 0 Å². The molecule has 0 bridgehead atoms. The fourth-order valence-corrected chi connectivity index (χ4v) is 1.25. The first-order valence-electron chi connectivity index (χ1n) is 3.65. The van der Waals surface area contributed by atoms with Crippen molar-refractivity contribution < 1.29 is 13.6 Å². The lowest BCUT2D eigenvalue weighted by atomic mass is 10.1. The zero-order valence-electron chi connectivity index (χ0n) is 7.11. The van der Waals surface area contributed by atoms with Crippen molar-refractivity contribution in [1.82, 2.24) is 4.98 Å². The van der Waals surface area contributed by atoms with Crippen LogP contribution < -0.4 is 5.56 Å². The third-order valence-corrected chi connectivity index (χ3v) is 2.02. The molecule has 3 nitrogen and oxygen atoms in total.